The fourth-order valence-electron chi connectivity index (χ4n) is 1.81. The van der Waals surface area contributed by atoms with E-state index >= 15 is 0 Å². The maximum atomic E-state index is 14.3. The van der Waals surface area contributed by atoms with Crippen molar-refractivity contribution in [2.24, 2.45) is 5.10 Å². The monoisotopic (exact) mass is 374 g/mol. The largest absolute Gasteiger partial charge is 0.281 e. The second-order valence-corrected chi connectivity index (χ2v) is 7.61. The van der Waals surface area contributed by atoms with Gasteiger partial charge in [-0.15, -0.1) is 11.3 Å². The lowest BCUT2D eigenvalue weighted by Crippen LogP contribution is -2.17. The molecule has 0 radical (unpaired) electrons. The van der Waals surface area contributed by atoms with Crippen LogP contribution in [0.2, 0.25) is 0 Å². The average molecular weight is 374 g/mol. The van der Waals surface area contributed by atoms with E-state index in [0.717, 1.165) is 24.0 Å². The molecule has 0 bridgehead atoms. The zero-order valence-electron chi connectivity index (χ0n) is 13.0. The van der Waals surface area contributed by atoms with Crippen molar-refractivity contribution in [1.82, 2.24) is 4.98 Å². The molecule has 0 amide bonds. The highest BCUT2D eigenvalue weighted by Crippen LogP contribution is 2.21. The SMILES string of the molecule is CCCS(=O)(=O)Nc1ccc(F)c(C=NNc2nc(C)cs2)c1F. The van der Waals surface area contributed by atoms with Gasteiger partial charge in [0.25, 0.3) is 0 Å². The molecule has 2 aromatic rings. The summed E-state index contributed by atoms with van der Waals surface area (Å²) in [5, 5.41) is 6.01. The molecular formula is C14H16F2N4O2S2. The van der Waals surface area contributed by atoms with Crippen LogP contribution < -0.4 is 10.1 Å². The summed E-state index contributed by atoms with van der Waals surface area (Å²) in [4.78, 5) is 4.09. The van der Waals surface area contributed by atoms with Gasteiger partial charge >= 0.3 is 0 Å². The van der Waals surface area contributed by atoms with Crippen LogP contribution in [-0.4, -0.2) is 25.4 Å². The highest BCUT2D eigenvalue weighted by molar-refractivity contribution is 7.92. The topological polar surface area (TPSA) is 83.5 Å². The summed E-state index contributed by atoms with van der Waals surface area (Å²) >= 11 is 1.29. The maximum Gasteiger partial charge on any atom is 0.232 e. The molecule has 0 aliphatic heterocycles. The number of nitrogens with one attached hydrogen (secondary N) is 2. The zero-order chi connectivity index (χ0) is 17.7. The van der Waals surface area contributed by atoms with Crippen molar-refractivity contribution in [3.63, 3.8) is 0 Å². The molecule has 1 aromatic heterocycles. The van der Waals surface area contributed by atoms with Crippen LogP contribution in [0.1, 0.15) is 24.6 Å². The Morgan fingerprint density at radius 3 is 2.75 bits per heavy atom. The van der Waals surface area contributed by atoms with Gasteiger partial charge in [0, 0.05) is 5.38 Å². The van der Waals surface area contributed by atoms with E-state index < -0.39 is 27.2 Å². The number of nitrogens with zero attached hydrogens (tertiary/aromatic N) is 2. The first-order valence-electron chi connectivity index (χ1n) is 7.02. The molecule has 0 atom stereocenters. The van der Waals surface area contributed by atoms with Gasteiger partial charge in [-0.05, 0) is 25.5 Å². The van der Waals surface area contributed by atoms with Crippen LogP contribution in [0.15, 0.2) is 22.6 Å². The molecule has 0 aliphatic rings. The summed E-state index contributed by atoms with van der Waals surface area (Å²) < 4.78 is 53.7. The highest BCUT2D eigenvalue weighted by Gasteiger charge is 2.17. The van der Waals surface area contributed by atoms with Crippen LogP contribution in [0.5, 0.6) is 0 Å². The van der Waals surface area contributed by atoms with E-state index in [1.165, 1.54) is 11.3 Å². The molecule has 0 spiro atoms. The summed E-state index contributed by atoms with van der Waals surface area (Å²) in [5.74, 6) is -2.04. The van der Waals surface area contributed by atoms with E-state index in [4.69, 9.17) is 0 Å². The Morgan fingerprint density at radius 1 is 1.38 bits per heavy atom. The Morgan fingerprint density at radius 2 is 2.12 bits per heavy atom. The summed E-state index contributed by atoms with van der Waals surface area (Å²) in [5.41, 5.74) is 2.58. The third-order valence-corrected chi connectivity index (χ3v) is 5.18. The minimum Gasteiger partial charge on any atom is -0.281 e. The molecule has 0 saturated heterocycles. The van der Waals surface area contributed by atoms with Crippen LogP contribution in [0, 0.1) is 18.6 Å². The number of aryl methyl sites for hydroxylation is 1. The number of benzene rings is 1. The third kappa shape index (κ3) is 4.71. The van der Waals surface area contributed by atoms with Crippen molar-refractivity contribution in [3.05, 3.63) is 40.4 Å². The van der Waals surface area contributed by atoms with Crippen LogP contribution in [0.25, 0.3) is 0 Å². The van der Waals surface area contributed by atoms with E-state index in [9.17, 15) is 17.2 Å². The smallest absolute Gasteiger partial charge is 0.232 e. The Hall–Kier alpha value is -2.07. The predicted octanol–water partition coefficient (Wildman–Crippen LogP) is 3.33. The lowest BCUT2D eigenvalue weighted by Gasteiger charge is -2.10. The van der Waals surface area contributed by atoms with Crippen molar-refractivity contribution < 1.29 is 17.2 Å². The number of sulfonamides is 1. The van der Waals surface area contributed by atoms with E-state index in [0.29, 0.717) is 11.6 Å². The molecule has 0 saturated carbocycles. The van der Waals surface area contributed by atoms with Crippen LogP contribution in [0.4, 0.5) is 19.6 Å². The fraction of sp³-hybridized carbons (Fsp3) is 0.286. The Labute approximate surface area is 142 Å². The summed E-state index contributed by atoms with van der Waals surface area (Å²) in [7, 11) is -3.68. The molecule has 2 N–H and O–H groups in total. The van der Waals surface area contributed by atoms with Crippen LogP contribution in [-0.2, 0) is 10.0 Å². The van der Waals surface area contributed by atoms with Gasteiger partial charge in [-0.25, -0.2) is 22.2 Å². The van der Waals surface area contributed by atoms with Gasteiger partial charge in [0.05, 0.1) is 28.9 Å². The standard InChI is InChI=1S/C14H16F2N4O2S2/c1-3-6-24(21,22)20-12-5-4-11(15)10(13(12)16)7-17-19-14-18-9(2)8-23-14/h4-5,7-8,20H,3,6H2,1-2H3,(H,18,19). The molecule has 0 aliphatic carbocycles. The number of halogens is 2. The number of thiazole rings is 1. The first-order valence-corrected chi connectivity index (χ1v) is 9.55. The fourth-order valence-corrected chi connectivity index (χ4v) is 3.58. The minimum atomic E-state index is -3.68. The molecular weight excluding hydrogens is 358 g/mol. The number of hydrazone groups is 1. The molecule has 1 aromatic carbocycles. The summed E-state index contributed by atoms with van der Waals surface area (Å²) in [6.45, 7) is 3.49. The Bertz CT molecular complexity index is 850. The van der Waals surface area contributed by atoms with Gasteiger partial charge in [0.1, 0.15) is 5.82 Å². The molecule has 1 heterocycles. The highest BCUT2D eigenvalue weighted by atomic mass is 32.2. The normalized spacial score (nSPS) is 11.8. The van der Waals surface area contributed by atoms with E-state index in [2.05, 4.69) is 20.2 Å². The molecule has 6 nitrogen and oxygen atoms in total. The molecule has 2 rings (SSSR count). The predicted molar refractivity (Wildman–Crippen MR) is 92.1 cm³/mol. The van der Waals surface area contributed by atoms with E-state index in [1.807, 2.05) is 0 Å². The third-order valence-electron chi connectivity index (χ3n) is 2.84. The quantitative estimate of drug-likeness (QED) is 0.575. The van der Waals surface area contributed by atoms with Crippen LogP contribution >= 0.6 is 11.3 Å². The van der Waals surface area contributed by atoms with Gasteiger partial charge in [-0.2, -0.15) is 5.10 Å². The van der Waals surface area contributed by atoms with Gasteiger partial charge < -0.3 is 0 Å². The van der Waals surface area contributed by atoms with Gasteiger partial charge in [0.15, 0.2) is 5.82 Å². The first-order chi connectivity index (χ1) is 11.3. The van der Waals surface area contributed by atoms with Crippen molar-refractivity contribution in [1.29, 1.82) is 0 Å². The second-order valence-electron chi connectivity index (χ2n) is 4.91. The van der Waals surface area contributed by atoms with Crippen LogP contribution in [0.3, 0.4) is 0 Å². The number of aromatic nitrogens is 1. The molecule has 0 unspecified atom stereocenters. The number of anilines is 2. The van der Waals surface area contributed by atoms with Gasteiger partial charge in [-0.1, -0.05) is 6.92 Å². The molecule has 24 heavy (non-hydrogen) atoms. The molecule has 10 heteroatoms. The van der Waals surface area contributed by atoms with Gasteiger partial charge in [0.2, 0.25) is 15.2 Å². The second kappa shape index (κ2) is 7.67. The van der Waals surface area contributed by atoms with Crippen molar-refractivity contribution >= 4 is 38.4 Å². The number of hydrogen-bond donors (Lipinski definition) is 2. The summed E-state index contributed by atoms with van der Waals surface area (Å²) in [6.07, 6.45) is 1.32. The van der Waals surface area contributed by atoms with Gasteiger partial charge in [-0.3, -0.25) is 10.1 Å². The lowest BCUT2D eigenvalue weighted by atomic mass is 10.2. The molecule has 0 fully saturated rings. The number of hydrogen-bond acceptors (Lipinski definition) is 6. The Kier molecular flexibility index (Phi) is 5.84. The maximum absolute atomic E-state index is 14.3. The zero-order valence-corrected chi connectivity index (χ0v) is 14.6. The van der Waals surface area contributed by atoms with E-state index in [-0.39, 0.29) is 11.4 Å². The van der Waals surface area contributed by atoms with E-state index in [1.54, 1.807) is 19.2 Å². The average Bonchev–Trinajstić information content (AvgIpc) is 2.91. The lowest BCUT2D eigenvalue weighted by molar-refractivity contribution is 0.580. The van der Waals surface area contributed by atoms with Crippen molar-refractivity contribution in [2.45, 2.75) is 20.3 Å². The number of rotatable bonds is 7. The Balaban J connectivity index is 2.22. The first kappa shape index (κ1) is 18.3. The minimum absolute atomic E-state index is 0.155. The summed E-state index contributed by atoms with van der Waals surface area (Å²) in [6, 6.07) is 2.01. The molecule has 130 valence electrons. The van der Waals surface area contributed by atoms with Crippen molar-refractivity contribution in [2.75, 3.05) is 15.9 Å². The van der Waals surface area contributed by atoms with Crippen molar-refractivity contribution in [3.8, 4) is 0 Å².